The minimum Gasteiger partial charge on any atom is -0.373 e. The first-order valence-corrected chi connectivity index (χ1v) is 7.04. The molecule has 1 aromatic rings. The second kappa shape index (κ2) is 6.04. The Balaban J connectivity index is 2.00. The third-order valence-corrected chi connectivity index (χ3v) is 3.75. The Morgan fingerprint density at radius 3 is 2.53 bits per heavy atom. The van der Waals surface area contributed by atoms with Crippen LogP contribution in [0.5, 0.6) is 0 Å². The zero-order valence-electron chi connectivity index (χ0n) is 11.9. The second-order valence-corrected chi connectivity index (χ2v) is 5.75. The van der Waals surface area contributed by atoms with Gasteiger partial charge in [-0.2, -0.15) is 0 Å². The largest absolute Gasteiger partial charge is 0.373 e. The number of rotatable bonds is 3. The van der Waals surface area contributed by atoms with Crippen molar-refractivity contribution in [2.24, 2.45) is 11.8 Å². The maximum atomic E-state index is 12.2. The molecule has 1 aromatic heterocycles. The van der Waals surface area contributed by atoms with E-state index in [-0.39, 0.29) is 11.9 Å². The highest BCUT2D eigenvalue weighted by atomic mass is 16.1. The van der Waals surface area contributed by atoms with E-state index in [0.717, 1.165) is 18.7 Å². The Hall–Kier alpha value is -1.58. The summed E-state index contributed by atoms with van der Waals surface area (Å²) in [5.74, 6) is 2.03. The van der Waals surface area contributed by atoms with Crippen molar-refractivity contribution in [3.8, 4) is 0 Å². The fourth-order valence-electron chi connectivity index (χ4n) is 3.02. The number of nitrogens with zero attached hydrogens (tertiary/aromatic N) is 1. The van der Waals surface area contributed by atoms with E-state index in [1.165, 1.54) is 6.42 Å². The van der Waals surface area contributed by atoms with Gasteiger partial charge in [-0.3, -0.25) is 4.79 Å². The van der Waals surface area contributed by atoms with Crippen molar-refractivity contribution in [2.75, 3.05) is 12.4 Å². The first-order chi connectivity index (χ1) is 9.08. The predicted octanol–water partition coefficient (Wildman–Crippen LogP) is 2.68. The Labute approximate surface area is 115 Å². The van der Waals surface area contributed by atoms with Gasteiger partial charge in [0.15, 0.2) is 0 Å². The molecule has 1 aliphatic carbocycles. The molecule has 1 saturated carbocycles. The zero-order chi connectivity index (χ0) is 13.8. The monoisotopic (exact) mass is 261 g/mol. The summed E-state index contributed by atoms with van der Waals surface area (Å²) in [6.07, 6.45) is 3.41. The lowest BCUT2D eigenvalue weighted by molar-refractivity contribution is 0.0906. The molecule has 0 saturated heterocycles. The number of aromatic nitrogens is 1. The van der Waals surface area contributed by atoms with Crippen LogP contribution in [0.25, 0.3) is 0 Å². The lowest BCUT2D eigenvalue weighted by Gasteiger charge is -2.31. The molecular formula is C15H23N3O. The van der Waals surface area contributed by atoms with Gasteiger partial charge in [-0.1, -0.05) is 19.9 Å². The van der Waals surface area contributed by atoms with Gasteiger partial charge in [0.25, 0.3) is 5.91 Å². The Morgan fingerprint density at radius 1 is 1.21 bits per heavy atom. The zero-order valence-corrected chi connectivity index (χ0v) is 11.9. The van der Waals surface area contributed by atoms with Gasteiger partial charge < -0.3 is 10.6 Å². The van der Waals surface area contributed by atoms with Gasteiger partial charge in [-0.05, 0) is 43.2 Å². The standard InChI is InChI=1S/C15H23N3O/c1-10-7-11(2)9-12(8-10)17-15(19)13-5-4-6-14(16-3)18-13/h4-6,10-12H,7-9H2,1-3H3,(H,16,18)(H,17,19). The molecule has 0 bridgehead atoms. The number of hydrogen-bond acceptors (Lipinski definition) is 3. The molecule has 2 atom stereocenters. The highest BCUT2D eigenvalue weighted by molar-refractivity contribution is 5.92. The molecule has 0 aromatic carbocycles. The van der Waals surface area contributed by atoms with Crippen LogP contribution in [0.2, 0.25) is 0 Å². The highest BCUT2D eigenvalue weighted by Crippen LogP contribution is 2.28. The lowest BCUT2D eigenvalue weighted by atomic mass is 9.80. The van der Waals surface area contributed by atoms with Crippen molar-refractivity contribution < 1.29 is 4.79 Å². The number of nitrogens with one attached hydrogen (secondary N) is 2. The van der Waals surface area contributed by atoms with Gasteiger partial charge in [-0.15, -0.1) is 0 Å². The van der Waals surface area contributed by atoms with Gasteiger partial charge in [0, 0.05) is 13.1 Å². The van der Waals surface area contributed by atoms with Crippen LogP contribution in [0, 0.1) is 11.8 Å². The van der Waals surface area contributed by atoms with Crippen molar-refractivity contribution in [3.05, 3.63) is 23.9 Å². The summed E-state index contributed by atoms with van der Waals surface area (Å²) in [5.41, 5.74) is 0.484. The lowest BCUT2D eigenvalue weighted by Crippen LogP contribution is -2.40. The smallest absolute Gasteiger partial charge is 0.270 e. The molecule has 1 heterocycles. The number of carbonyl (C=O) groups is 1. The molecule has 2 rings (SSSR count). The van der Waals surface area contributed by atoms with E-state index in [2.05, 4.69) is 29.5 Å². The summed E-state index contributed by atoms with van der Waals surface area (Å²) in [6.45, 7) is 4.52. The van der Waals surface area contributed by atoms with E-state index in [9.17, 15) is 4.79 Å². The summed E-state index contributed by atoms with van der Waals surface area (Å²) in [5, 5.41) is 6.07. The molecule has 4 heteroatoms. The quantitative estimate of drug-likeness (QED) is 0.879. The first-order valence-electron chi connectivity index (χ1n) is 7.04. The molecule has 0 radical (unpaired) electrons. The van der Waals surface area contributed by atoms with E-state index in [4.69, 9.17) is 0 Å². The topological polar surface area (TPSA) is 54.0 Å². The number of anilines is 1. The third-order valence-electron chi connectivity index (χ3n) is 3.75. The second-order valence-electron chi connectivity index (χ2n) is 5.75. The summed E-state index contributed by atoms with van der Waals surface area (Å²) in [4.78, 5) is 16.5. The van der Waals surface area contributed by atoms with E-state index >= 15 is 0 Å². The van der Waals surface area contributed by atoms with E-state index in [0.29, 0.717) is 17.5 Å². The van der Waals surface area contributed by atoms with Crippen LogP contribution < -0.4 is 10.6 Å². The van der Waals surface area contributed by atoms with Gasteiger partial charge in [0.2, 0.25) is 0 Å². The van der Waals surface area contributed by atoms with Gasteiger partial charge in [0.05, 0.1) is 0 Å². The van der Waals surface area contributed by atoms with Crippen molar-refractivity contribution in [1.29, 1.82) is 0 Å². The fraction of sp³-hybridized carbons (Fsp3) is 0.600. The van der Waals surface area contributed by atoms with Crippen molar-refractivity contribution >= 4 is 11.7 Å². The SMILES string of the molecule is CNc1cccc(C(=O)NC2CC(C)CC(C)C2)n1. The molecule has 1 amide bonds. The van der Waals surface area contributed by atoms with Crippen LogP contribution in [0.15, 0.2) is 18.2 Å². The molecule has 19 heavy (non-hydrogen) atoms. The maximum absolute atomic E-state index is 12.2. The fourth-order valence-corrected chi connectivity index (χ4v) is 3.02. The maximum Gasteiger partial charge on any atom is 0.270 e. The molecule has 2 N–H and O–H groups in total. The summed E-state index contributed by atoms with van der Waals surface area (Å²) in [7, 11) is 1.80. The molecule has 0 aliphatic heterocycles. The average Bonchev–Trinajstić information content (AvgIpc) is 2.37. The Morgan fingerprint density at radius 2 is 1.89 bits per heavy atom. The number of hydrogen-bond donors (Lipinski definition) is 2. The number of amides is 1. The van der Waals surface area contributed by atoms with Gasteiger partial charge in [-0.25, -0.2) is 4.98 Å². The molecule has 1 fully saturated rings. The van der Waals surface area contributed by atoms with E-state index in [1.54, 1.807) is 13.1 Å². The minimum atomic E-state index is -0.0663. The number of pyridine rings is 1. The van der Waals surface area contributed by atoms with Gasteiger partial charge in [0.1, 0.15) is 11.5 Å². The first kappa shape index (κ1) is 13.8. The van der Waals surface area contributed by atoms with Crippen LogP contribution in [0.4, 0.5) is 5.82 Å². The van der Waals surface area contributed by atoms with Crippen LogP contribution in [0.3, 0.4) is 0 Å². The van der Waals surface area contributed by atoms with Crippen LogP contribution >= 0.6 is 0 Å². The molecule has 0 spiro atoms. The highest BCUT2D eigenvalue weighted by Gasteiger charge is 2.25. The molecule has 104 valence electrons. The molecule has 1 aliphatic rings. The minimum absolute atomic E-state index is 0.0663. The summed E-state index contributed by atoms with van der Waals surface area (Å²) >= 11 is 0. The molecule has 4 nitrogen and oxygen atoms in total. The normalized spacial score (nSPS) is 26.8. The van der Waals surface area contributed by atoms with Gasteiger partial charge >= 0.3 is 0 Å². The van der Waals surface area contributed by atoms with E-state index < -0.39 is 0 Å². The Bertz CT molecular complexity index is 437. The van der Waals surface area contributed by atoms with Crippen molar-refractivity contribution in [1.82, 2.24) is 10.3 Å². The Kier molecular flexibility index (Phi) is 4.40. The third kappa shape index (κ3) is 3.69. The summed E-state index contributed by atoms with van der Waals surface area (Å²) in [6, 6.07) is 5.74. The molecular weight excluding hydrogens is 238 g/mol. The predicted molar refractivity (Wildman–Crippen MR) is 77.2 cm³/mol. The summed E-state index contributed by atoms with van der Waals surface area (Å²) < 4.78 is 0. The van der Waals surface area contributed by atoms with Crippen LogP contribution in [-0.2, 0) is 0 Å². The van der Waals surface area contributed by atoms with E-state index in [1.807, 2.05) is 12.1 Å². The van der Waals surface area contributed by atoms with Crippen molar-refractivity contribution in [3.63, 3.8) is 0 Å². The number of carbonyl (C=O) groups excluding carboxylic acids is 1. The molecule has 2 unspecified atom stereocenters. The average molecular weight is 261 g/mol. The van der Waals surface area contributed by atoms with Crippen LogP contribution in [-0.4, -0.2) is 24.0 Å². The van der Waals surface area contributed by atoms with Crippen molar-refractivity contribution in [2.45, 2.75) is 39.2 Å². The van der Waals surface area contributed by atoms with Crippen LogP contribution in [0.1, 0.15) is 43.6 Å².